The van der Waals surface area contributed by atoms with Crippen molar-refractivity contribution in [1.29, 1.82) is 0 Å². The average molecular weight is 1250 g/mol. The van der Waals surface area contributed by atoms with E-state index in [1.165, 1.54) is 6.42 Å². The number of nitrogens with zero attached hydrogens (tertiary/aromatic N) is 9. The van der Waals surface area contributed by atoms with Crippen molar-refractivity contribution >= 4 is 47.4 Å². The minimum atomic E-state index is -0.825. The highest BCUT2D eigenvalue weighted by atomic mass is 32.2. The second-order valence-corrected chi connectivity index (χ2v) is 29.9. The number of amides is 1. The summed E-state index contributed by atoms with van der Waals surface area (Å²) in [6.45, 7) is 27.4. The van der Waals surface area contributed by atoms with Gasteiger partial charge in [0.15, 0.2) is 5.54 Å². The predicted octanol–water partition coefficient (Wildman–Crippen LogP) is 8.69. The van der Waals surface area contributed by atoms with Gasteiger partial charge in [-0.25, -0.2) is 14.5 Å². The van der Waals surface area contributed by atoms with Crippen molar-refractivity contribution in [2.75, 3.05) is 132 Å². The zero-order valence-electron chi connectivity index (χ0n) is 56.1. The number of hydrogen-bond acceptors (Lipinski definition) is 19. The molecule has 492 valence electrons. The first-order chi connectivity index (χ1) is 42.0. The molecule has 21 heteroatoms. The van der Waals surface area contributed by atoms with Crippen LogP contribution >= 0.6 is 11.8 Å². The van der Waals surface area contributed by atoms with E-state index in [4.69, 9.17) is 38.5 Å². The number of likely N-dealkylation sites (N-methyl/N-ethyl adjacent to an activating group) is 1. The number of thioether (sulfide) groups is 1. The lowest BCUT2D eigenvalue weighted by Gasteiger charge is -2.56. The Hall–Kier alpha value is -5.58. The van der Waals surface area contributed by atoms with Gasteiger partial charge in [0.05, 0.1) is 57.3 Å². The molecule has 2 aliphatic heterocycles. The summed E-state index contributed by atoms with van der Waals surface area (Å²) in [4.78, 5) is 86.5. The molecule has 4 bridgehead atoms. The number of aliphatic imine (C=N–C) groups is 1. The van der Waals surface area contributed by atoms with E-state index >= 15 is 0 Å². The summed E-state index contributed by atoms with van der Waals surface area (Å²) < 4.78 is 37.2. The Balaban J connectivity index is 0.878. The minimum Gasteiger partial charge on any atom is -0.496 e. The minimum absolute atomic E-state index is 0.00761. The van der Waals surface area contributed by atoms with Crippen LogP contribution in [0.3, 0.4) is 0 Å². The molecule has 4 saturated carbocycles. The Morgan fingerprint density at radius 1 is 0.652 bits per heavy atom. The van der Waals surface area contributed by atoms with Crippen molar-refractivity contribution in [3.63, 3.8) is 0 Å². The van der Waals surface area contributed by atoms with Gasteiger partial charge in [0.1, 0.15) is 34.0 Å². The van der Waals surface area contributed by atoms with Crippen LogP contribution in [0.5, 0.6) is 11.5 Å². The summed E-state index contributed by atoms with van der Waals surface area (Å²) in [5, 5.41) is 5.25. The van der Waals surface area contributed by atoms with Crippen LogP contribution in [-0.4, -0.2) is 229 Å². The number of carbonyl (C=O) groups is 5. The Bertz CT molecular complexity index is 2880. The Morgan fingerprint density at radius 2 is 1.12 bits per heavy atom. The molecule has 1 aromatic heterocycles. The Morgan fingerprint density at radius 3 is 1.58 bits per heavy atom. The topological polar surface area (TPSA) is 190 Å². The molecule has 0 N–H and O–H groups in total. The van der Waals surface area contributed by atoms with Crippen LogP contribution in [0.15, 0.2) is 52.4 Å². The van der Waals surface area contributed by atoms with Gasteiger partial charge in [-0.3, -0.25) is 38.8 Å². The molecule has 9 rings (SSSR count). The highest BCUT2D eigenvalue weighted by Gasteiger charge is 2.65. The molecule has 3 heterocycles. The van der Waals surface area contributed by atoms with Crippen LogP contribution in [0.2, 0.25) is 0 Å². The van der Waals surface area contributed by atoms with Crippen molar-refractivity contribution in [3.8, 4) is 28.4 Å². The van der Waals surface area contributed by atoms with Crippen LogP contribution < -0.4 is 9.47 Å². The maximum Gasteiger partial charge on any atom is 0.341 e. The zero-order valence-corrected chi connectivity index (χ0v) is 56.9. The first-order valence-corrected chi connectivity index (χ1v) is 33.4. The van der Waals surface area contributed by atoms with Crippen molar-refractivity contribution in [1.82, 2.24) is 39.2 Å². The third kappa shape index (κ3) is 18.8. The predicted molar refractivity (Wildman–Crippen MR) is 347 cm³/mol. The standard InChI is InChI=1S/C68H103N9O11S/c1-46(2)52-40-51(21-22-54(52)77-55(62-56(83-14)19-16-20-57(62)84-15)41-53(70-77)63-69-68(64(82)85-63)49-36-47-35-48(38-49)39-50(68)37-47)89-34-18-24-71(12)23-17-25-72(13)58(78)42-73-26-28-74(43-59(79)86-65(3,4)5)30-32-76(45-61(81)88-67(9,10)11)33-31-75(29-27-73)44-60(80)87-66(6,7)8/h16,19-22,40-41,46-50H,17-18,23-39,42-45H2,1-15H3. The molecular weight excluding hydrogens is 1150 g/mol. The van der Waals surface area contributed by atoms with Crippen LogP contribution in [0.1, 0.15) is 138 Å². The maximum absolute atomic E-state index is 14.1. The smallest absolute Gasteiger partial charge is 0.341 e. The number of rotatable bonds is 23. The van der Waals surface area contributed by atoms with Crippen LogP contribution in [-0.2, 0) is 42.9 Å². The van der Waals surface area contributed by atoms with Gasteiger partial charge in [-0.15, -0.1) is 11.8 Å². The lowest BCUT2D eigenvalue weighted by Crippen LogP contribution is -2.59. The zero-order chi connectivity index (χ0) is 64.6. The van der Waals surface area contributed by atoms with E-state index in [9.17, 15) is 24.0 Å². The average Bonchev–Trinajstić information content (AvgIpc) is 1.66. The second-order valence-electron chi connectivity index (χ2n) is 28.7. The third-order valence-corrected chi connectivity index (χ3v) is 18.7. The number of aromatic nitrogens is 2. The molecule has 5 fully saturated rings. The van der Waals surface area contributed by atoms with Crippen LogP contribution in [0.4, 0.5) is 0 Å². The SMILES string of the molecule is COc1cccc(OC)c1-c1cc(C2=NC3(C(=O)O2)C2CC4CC(C2)CC3C4)nn1-c1ccc(SCCCN(C)CCCN(C)C(=O)CN2CCN(CC(=O)OC(C)(C)C)CCN(CC(=O)OC(C)(C)C)CCN(CC(=O)OC(C)(C)C)CC2)cc1C(C)C. The van der Waals surface area contributed by atoms with E-state index in [1.54, 1.807) is 19.1 Å². The largest absolute Gasteiger partial charge is 0.496 e. The monoisotopic (exact) mass is 1250 g/mol. The van der Waals surface area contributed by atoms with Gasteiger partial charge < -0.3 is 38.2 Å². The van der Waals surface area contributed by atoms with Crippen LogP contribution in [0.25, 0.3) is 16.9 Å². The summed E-state index contributed by atoms with van der Waals surface area (Å²) in [6, 6.07) is 14.3. The van der Waals surface area contributed by atoms with E-state index in [0.717, 1.165) is 84.8 Å². The second kappa shape index (κ2) is 29.8. The molecule has 1 amide bonds. The molecule has 6 aliphatic rings. The van der Waals surface area contributed by atoms with Crippen molar-refractivity contribution in [2.24, 2.45) is 28.7 Å². The molecule has 4 aliphatic carbocycles. The normalized spacial score (nSPS) is 22.4. The molecule has 2 aromatic carbocycles. The summed E-state index contributed by atoms with van der Waals surface area (Å²) in [5.74, 6) is 3.14. The fourth-order valence-corrected chi connectivity index (χ4v) is 14.6. The first-order valence-electron chi connectivity index (χ1n) is 32.4. The molecule has 1 saturated heterocycles. The molecule has 0 radical (unpaired) electrons. The van der Waals surface area contributed by atoms with Crippen molar-refractivity contribution in [2.45, 2.75) is 154 Å². The number of carbonyl (C=O) groups excluding carboxylic acids is 5. The number of esters is 4. The Labute approximate surface area is 534 Å². The molecule has 0 atom stereocenters. The Kier molecular flexibility index (Phi) is 23.2. The van der Waals surface area contributed by atoms with E-state index in [1.807, 2.05) is 125 Å². The molecule has 20 nitrogen and oxygen atoms in total. The van der Waals surface area contributed by atoms with Gasteiger partial charge >= 0.3 is 23.9 Å². The fourth-order valence-electron chi connectivity index (χ4n) is 13.7. The molecule has 3 aromatic rings. The number of methoxy groups -OCH3 is 2. The lowest BCUT2D eigenvalue weighted by atomic mass is 9.49. The number of hydrogen-bond donors (Lipinski definition) is 0. The highest BCUT2D eigenvalue weighted by molar-refractivity contribution is 7.99. The lowest BCUT2D eigenvalue weighted by molar-refractivity contribution is -0.158. The molecular formula is C68H103N9O11S. The van der Waals surface area contributed by atoms with E-state index in [0.29, 0.717) is 93.8 Å². The number of cyclic esters (lactones) is 1. The van der Waals surface area contributed by atoms with Crippen molar-refractivity contribution < 1.29 is 52.4 Å². The molecule has 1 spiro atoms. The van der Waals surface area contributed by atoms with E-state index < -0.39 is 22.3 Å². The summed E-state index contributed by atoms with van der Waals surface area (Å²) in [6.07, 6.45) is 7.19. The van der Waals surface area contributed by atoms with E-state index in [-0.39, 0.29) is 73.7 Å². The summed E-state index contributed by atoms with van der Waals surface area (Å²) in [5.41, 5.74) is 1.23. The quantitative estimate of drug-likeness (QED) is 0.0379. The highest BCUT2D eigenvalue weighted by Crippen LogP contribution is 2.61. The maximum atomic E-state index is 14.1. The molecule has 89 heavy (non-hydrogen) atoms. The van der Waals surface area contributed by atoms with Gasteiger partial charge in [0, 0.05) is 70.8 Å². The van der Waals surface area contributed by atoms with Gasteiger partial charge in [-0.1, -0.05) is 19.9 Å². The summed E-state index contributed by atoms with van der Waals surface area (Å²) in [7, 11) is 7.29. The van der Waals surface area contributed by atoms with Crippen molar-refractivity contribution in [3.05, 3.63) is 53.7 Å². The number of benzene rings is 2. The summed E-state index contributed by atoms with van der Waals surface area (Å²) >= 11 is 1.83. The van der Waals surface area contributed by atoms with Gasteiger partial charge in [0.2, 0.25) is 11.8 Å². The van der Waals surface area contributed by atoms with Gasteiger partial charge in [-0.05, 0) is 205 Å². The van der Waals surface area contributed by atoms with Gasteiger partial charge in [0.25, 0.3) is 0 Å². The fraction of sp³-hybridized carbons (Fsp3) is 0.691. The van der Waals surface area contributed by atoms with Gasteiger partial charge in [-0.2, -0.15) is 5.10 Å². The number of ether oxygens (including phenoxy) is 6. The first kappa shape index (κ1) is 69.3. The van der Waals surface area contributed by atoms with Crippen LogP contribution in [0, 0.1) is 23.7 Å². The molecule has 0 unspecified atom stereocenters. The third-order valence-electron chi connectivity index (χ3n) is 17.7. The van der Waals surface area contributed by atoms with E-state index in [2.05, 4.69) is 48.9 Å².